The number of nitrogens with zero attached hydrogens (tertiary/aromatic N) is 1. The largest absolute Gasteiger partial charge is 0.249 e. The molecule has 0 saturated heterocycles. The van der Waals surface area contributed by atoms with E-state index in [4.69, 9.17) is 7.85 Å². The van der Waals surface area contributed by atoms with Crippen LogP contribution in [0.25, 0.3) is 0 Å². The molecular formula is C7H10BNS. The van der Waals surface area contributed by atoms with Crippen molar-refractivity contribution in [1.82, 2.24) is 4.98 Å². The molecule has 3 heteroatoms. The quantitative estimate of drug-likeness (QED) is 0.588. The minimum absolute atomic E-state index is 0.504. The standard InChI is InChI=1S/C7H10BNS/c1-5(2)7-6(3-8)10-4-9-7/h4-5H,3H2,1-2H3. The monoisotopic (exact) mass is 151 g/mol. The molecule has 0 aliphatic heterocycles. The van der Waals surface area contributed by atoms with Gasteiger partial charge in [0.15, 0.2) is 0 Å². The molecular weight excluding hydrogens is 141 g/mol. The van der Waals surface area contributed by atoms with Gasteiger partial charge < -0.3 is 0 Å². The second-order valence-electron chi connectivity index (χ2n) is 2.52. The molecule has 0 aliphatic carbocycles. The van der Waals surface area contributed by atoms with Gasteiger partial charge in [-0.25, -0.2) is 4.98 Å². The molecule has 0 aromatic carbocycles. The molecule has 1 nitrogen and oxygen atoms in total. The average Bonchev–Trinajstić information content (AvgIpc) is 2.33. The highest BCUT2D eigenvalue weighted by molar-refractivity contribution is 7.09. The zero-order valence-electron chi connectivity index (χ0n) is 6.29. The van der Waals surface area contributed by atoms with E-state index in [1.165, 1.54) is 4.88 Å². The van der Waals surface area contributed by atoms with E-state index in [2.05, 4.69) is 18.8 Å². The van der Waals surface area contributed by atoms with Gasteiger partial charge >= 0.3 is 0 Å². The maximum absolute atomic E-state index is 5.50. The Morgan fingerprint density at radius 1 is 1.70 bits per heavy atom. The van der Waals surface area contributed by atoms with E-state index in [0.717, 1.165) is 5.69 Å². The lowest BCUT2D eigenvalue weighted by Crippen LogP contribution is -1.92. The Hall–Kier alpha value is -0.305. The van der Waals surface area contributed by atoms with Crippen LogP contribution in [0.5, 0.6) is 0 Å². The van der Waals surface area contributed by atoms with Crippen molar-refractivity contribution in [2.45, 2.75) is 26.1 Å². The van der Waals surface area contributed by atoms with Crippen LogP contribution in [0.2, 0.25) is 0 Å². The molecule has 0 unspecified atom stereocenters. The summed E-state index contributed by atoms with van der Waals surface area (Å²) < 4.78 is 0. The van der Waals surface area contributed by atoms with Crippen LogP contribution in [0.15, 0.2) is 5.51 Å². The molecule has 0 saturated carbocycles. The zero-order valence-corrected chi connectivity index (χ0v) is 7.11. The Bertz CT molecular complexity index is 207. The molecule has 0 aliphatic rings. The van der Waals surface area contributed by atoms with E-state index in [1.54, 1.807) is 11.3 Å². The molecule has 0 spiro atoms. The third kappa shape index (κ3) is 1.40. The molecule has 1 rings (SSSR count). The Balaban J connectivity index is 2.90. The molecule has 0 bridgehead atoms. The van der Waals surface area contributed by atoms with Gasteiger partial charge in [0.1, 0.15) is 0 Å². The predicted molar refractivity (Wildman–Crippen MR) is 45.7 cm³/mol. The zero-order chi connectivity index (χ0) is 7.56. The van der Waals surface area contributed by atoms with Crippen molar-refractivity contribution < 1.29 is 0 Å². The van der Waals surface area contributed by atoms with Crippen LogP contribution in [0.1, 0.15) is 30.3 Å². The van der Waals surface area contributed by atoms with Gasteiger partial charge in [-0.1, -0.05) is 20.2 Å². The molecule has 52 valence electrons. The molecule has 0 fully saturated rings. The Morgan fingerprint density at radius 3 is 2.80 bits per heavy atom. The van der Waals surface area contributed by atoms with Gasteiger partial charge in [-0.15, -0.1) is 11.3 Å². The SMILES string of the molecule is [B]Cc1scnc1C(C)C. The van der Waals surface area contributed by atoms with Crippen LogP contribution in [0, 0.1) is 0 Å². The normalized spacial score (nSPS) is 10.7. The van der Waals surface area contributed by atoms with Crippen molar-refractivity contribution in [3.05, 3.63) is 16.1 Å². The summed E-state index contributed by atoms with van der Waals surface area (Å²) in [5.74, 6) is 0.504. The highest BCUT2D eigenvalue weighted by Gasteiger charge is 2.06. The lowest BCUT2D eigenvalue weighted by atomic mass is 9.99. The van der Waals surface area contributed by atoms with Crippen LogP contribution in [-0.4, -0.2) is 12.8 Å². The van der Waals surface area contributed by atoms with Gasteiger partial charge in [-0.05, 0) is 5.92 Å². The Labute approximate surface area is 66.9 Å². The van der Waals surface area contributed by atoms with E-state index >= 15 is 0 Å². The molecule has 0 amide bonds. The number of rotatable bonds is 2. The van der Waals surface area contributed by atoms with Gasteiger partial charge in [0, 0.05) is 4.88 Å². The van der Waals surface area contributed by atoms with E-state index in [-0.39, 0.29) is 0 Å². The maximum Gasteiger partial charge on any atom is 0.0797 e. The van der Waals surface area contributed by atoms with Gasteiger partial charge in [-0.2, -0.15) is 0 Å². The summed E-state index contributed by atoms with van der Waals surface area (Å²) in [6.45, 7) is 4.27. The van der Waals surface area contributed by atoms with E-state index in [1.807, 2.05) is 5.51 Å². The molecule has 0 atom stereocenters. The first-order chi connectivity index (χ1) is 4.75. The van der Waals surface area contributed by atoms with Crippen LogP contribution < -0.4 is 0 Å². The average molecular weight is 151 g/mol. The molecule has 1 heterocycles. The summed E-state index contributed by atoms with van der Waals surface area (Å²) in [4.78, 5) is 5.44. The minimum Gasteiger partial charge on any atom is -0.249 e. The number of aromatic nitrogens is 1. The summed E-state index contributed by atoms with van der Waals surface area (Å²) in [6, 6.07) is 0. The fraction of sp³-hybridized carbons (Fsp3) is 0.571. The molecule has 0 N–H and O–H groups in total. The fourth-order valence-electron chi connectivity index (χ4n) is 0.903. The second-order valence-corrected chi connectivity index (χ2v) is 3.46. The molecule has 1 aromatic rings. The first kappa shape index (κ1) is 7.80. The van der Waals surface area contributed by atoms with E-state index in [9.17, 15) is 0 Å². The number of thiazole rings is 1. The van der Waals surface area contributed by atoms with Crippen molar-refractivity contribution >= 4 is 19.2 Å². The summed E-state index contributed by atoms with van der Waals surface area (Å²) in [5.41, 5.74) is 3.02. The Kier molecular flexibility index (Phi) is 2.49. The maximum atomic E-state index is 5.50. The smallest absolute Gasteiger partial charge is 0.0797 e. The van der Waals surface area contributed by atoms with Crippen molar-refractivity contribution in [1.29, 1.82) is 0 Å². The highest BCUT2D eigenvalue weighted by atomic mass is 32.1. The predicted octanol–water partition coefficient (Wildman–Crippen LogP) is 1.94. The van der Waals surface area contributed by atoms with E-state index < -0.39 is 0 Å². The van der Waals surface area contributed by atoms with Crippen LogP contribution in [-0.2, 0) is 6.32 Å². The number of hydrogen-bond acceptors (Lipinski definition) is 2. The summed E-state index contributed by atoms with van der Waals surface area (Å²) >= 11 is 1.64. The Morgan fingerprint density at radius 2 is 2.40 bits per heavy atom. The fourth-order valence-corrected chi connectivity index (χ4v) is 1.70. The molecule has 1 aromatic heterocycles. The first-order valence-electron chi connectivity index (χ1n) is 3.38. The summed E-state index contributed by atoms with van der Waals surface area (Å²) in [7, 11) is 5.50. The van der Waals surface area contributed by atoms with Gasteiger partial charge in [0.2, 0.25) is 0 Å². The molecule has 10 heavy (non-hydrogen) atoms. The van der Waals surface area contributed by atoms with Gasteiger partial charge in [0.25, 0.3) is 0 Å². The van der Waals surface area contributed by atoms with Crippen molar-refractivity contribution in [3.8, 4) is 0 Å². The highest BCUT2D eigenvalue weighted by Crippen LogP contribution is 2.20. The number of hydrogen-bond donors (Lipinski definition) is 0. The lowest BCUT2D eigenvalue weighted by molar-refractivity contribution is 0.823. The van der Waals surface area contributed by atoms with Crippen molar-refractivity contribution in [2.24, 2.45) is 0 Å². The summed E-state index contributed by atoms with van der Waals surface area (Å²) in [6.07, 6.45) is 0.623. The lowest BCUT2D eigenvalue weighted by Gasteiger charge is -2.01. The minimum atomic E-state index is 0.504. The molecule has 2 radical (unpaired) electrons. The van der Waals surface area contributed by atoms with Gasteiger partial charge in [-0.3, -0.25) is 0 Å². The van der Waals surface area contributed by atoms with Crippen LogP contribution >= 0.6 is 11.3 Å². The van der Waals surface area contributed by atoms with Crippen molar-refractivity contribution in [2.75, 3.05) is 0 Å². The van der Waals surface area contributed by atoms with Gasteiger partial charge in [0.05, 0.1) is 19.1 Å². The van der Waals surface area contributed by atoms with Crippen LogP contribution in [0.4, 0.5) is 0 Å². The summed E-state index contributed by atoms with van der Waals surface area (Å²) in [5, 5.41) is 0. The second kappa shape index (κ2) is 3.19. The van der Waals surface area contributed by atoms with Crippen molar-refractivity contribution in [3.63, 3.8) is 0 Å². The van der Waals surface area contributed by atoms with Crippen LogP contribution in [0.3, 0.4) is 0 Å². The van der Waals surface area contributed by atoms with E-state index in [0.29, 0.717) is 12.2 Å². The topological polar surface area (TPSA) is 12.9 Å². The third-order valence-electron chi connectivity index (χ3n) is 1.40. The third-order valence-corrected chi connectivity index (χ3v) is 2.28. The first-order valence-corrected chi connectivity index (χ1v) is 4.26.